The molecule has 3 N–H and O–H groups in total. The predicted octanol–water partition coefficient (Wildman–Crippen LogP) is 1.36. The lowest BCUT2D eigenvalue weighted by atomic mass is 10.0. The molecule has 118 valence electrons. The zero-order chi connectivity index (χ0) is 15.3. The number of nitrogens with zero attached hydrogens (tertiary/aromatic N) is 2. The first-order chi connectivity index (χ1) is 9.98. The van der Waals surface area contributed by atoms with Crippen molar-refractivity contribution in [3.63, 3.8) is 0 Å². The molecule has 1 aliphatic heterocycles. The SMILES string of the molecule is OCCNc1nc(NCC(F)(F)F)cc([C@H]2CCOC2)n1. The summed E-state index contributed by atoms with van der Waals surface area (Å²) in [5, 5.41) is 13.8. The van der Waals surface area contributed by atoms with Gasteiger partial charge in [-0.15, -0.1) is 0 Å². The van der Waals surface area contributed by atoms with Crippen molar-refractivity contribution < 1.29 is 23.0 Å². The molecule has 1 aromatic rings. The topological polar surface area (TPSA) is 79.3 Å². The van der Waals surface area contributed by atoms with E-state index in [1.165, 1.54) is 6.07 Å². The van der Waals surface area contributed by atoms with E-state index < -0.39 is 12.7 Å². The molecule has 0 amide bonds. The Balaban J connectivity index is 2.15. The third-order valence-corrected chi connectivity index (χ3v) is 2.96. The zero-order valence-corrected chi connectivity index (χ0v) is 11.3. The van der Waals surface area contributed by atoms with Crippen LogP contribution in [-0.2, 0) is 4.74 Å². The molecular weight excluding hydrogens is 289 g/mol. The van der Waals surface area contributed by atoms with Crippen LogP contribution < -0.4 is 10.6 Å². The summed E-state index contributed by atoms with van der Waals surface area (Å²) in [5.74, 6) is 0.344. The highest BCUT2D eigenvalue weighted by molar-refractivity contribution is 5.43. The van der Waals surface area contributed by atoms with Gasteiger partial charge in [-0.3, -0.25) is 0 Å². The monoisotopic (exact) mass is 306 g/mol. The minimum Gasteiger partial charge on any atom is -0.395 e. The number of hydrogen-bond donors (Lipinski definition) is 3. The van der Waals surface area contributed by atoms with Crippen molar-refractivity contribution >= 4 is 11.8 Å². The fourth-order valence-corrected chi connectivity index (χ4v) is 1.97. The third kappa shape index (κ3) is 5.01. The van der Waals surface area contributed by atoms with E-state index in [9.17, 15) is 13.2 Å². The van der Waals surface area contributed by atoms with Gasteiger partial charge in [-0.2, -0.15) is 18.2 Å². The Bertz CT molecular complexity index is 464. The van der Waals surface area contributed by atoms with E-state index in [1.807, 2.05) is 0 Å². The van der Waals surface area contributed by atoms with Crippen molar-refractivity contribution in [2.75, 3.05) is 43.5 Å². The maximum Gasteiger partial charge on any atom is 0.405 e. The van der Waals surface area contributed by atoms with Gasteiger partial charge in [-0.1, -0.05) is 0 Å². The van der Waals surface area contributed by atoms with Crippen molar-refractivity contribution in [2.24, 2.45) is 0 Å². The highest BCUT2D eigenvalue weighted by Gasteiger charge is 2.27. The Kier molecular flexibility index (Phi) is 5.18. The number of ether oxygens (including phenoxy) is 1. The van der Waals surface area contributed by atoms with Gasteiger partial charge in [-0.05, 0) is 6.42 Å². The number of rotatable bonds is 6. The van der Waals surface area contributed by atoms with Crippen molar-refractivity contribution in [3.8, 4) is 0 Å². The number of aliphatic hydroxyl groups is 1. The Hall–Kier alpha value is -1.61. The molecular formula is C12H17F3N4O2. The van der Waals surface area contributed by atoms with Crippen LogP contribution in [0.15, 0.2) is 6.07 Å². The first-order valence-corrected chi connectivity index (χ1v) is 6.60. The molecule has 2 rings (SSSR count). The second-order valence-corrected chi connectivity index (χ2v) is 4.68. The summed E-state index contributed by atoms with van der Waals surface area (Å²) in [7, 11) is 0. The van der Waals surface area contributed by atoms with Crippen LogP contribution in [0.4, 0.5) is 24.9 Å². The second kappa shape index (κ2) is 6.90. The molecule has 0 saturated carbocycles. The number of anilines is 2. The smallest absolute Gasteiger partial charge is 0.395 e. The van der Waals surface area contributed by atoms with E-state index in [0.717, 1.165) is 6.42 Å². The number of aromatic nitrogens is 2. The summed E-state index contributed by atoms with van der Waals surface area (Å²) < 4.78 is 42.1. The van der Waals surface area contributed by atoms with Gasteiger partial charge >= 0.3 is 6.18 Å². The van der Waals surface area contributed by atoms with Gasteiger partial charge in [-0.25, -0.2) is 4.98 Å². The molecule has 1 aromatic heterocycles. The molecule has 0 unspecified atom stereocenters. The van der Waals surface area contributed by atoms with E-state index in [1.54, 1.807) is 0 Å². The van der Waals surface area contributed by atoms with Crippen LogP contribution in [0.25, 0.3) is 0 Å². The molecule has 2 heterocycles. The van der Waals surface area contributed by atoms with E-state index in [0.29, 0.717) is 18.9 Å². The average molecular weight is 306 g/mol. The first-order valence-electron chi connectivity index (χ1n) is 6.60. The molecule has 6 nitrogen and oxygen atoms in total. The molecule has 9 heteroatoms. The molecule has 1 fully saturated rings. The Morgan fingerprint density at radius 3 is 2.76 bits per heavy atom. The molecule has 0 aliphatic carbocycles. The highest BCUT2D eigenvalue weighted by Crippen LogP contribution is 2.26. The standard InChI is InChI=1S/C12H17F3N4O2/c13-12(14,15)7-17-10-5-9(8-1-4-21-6-8)18-11(19-10)16-2-3-20/h5,8,20H,1-4,6-7H2,(H2,16,17,18,19)/t8-/m0/s1. The number of halogens is 3. The van der Waals surface area contributed by atoms with Crippen LogP contribution in [-0.4, -0.2) is 54.2 Å². The van der Waals surface area contributed by atoms with Crippen LogP contribution in [0.2, 0.25) is 0 Å². The molecule has 0 radical (unpaired) electrons. The van der Waals surface area contributed by atoms with Crippen LogP contribution in [0, 0.1) is 0 Å². The van der Waals surface area contributed by atoms with Crippen LogP contribution >= 0.6 is 0 Å². The van der Waals surface area contributed by atoms with Gasteiger partial charge in [0.15, 0.2) is 0 Å². The molecule has 0 aromatic carbocycles. The normalized spacial score (nSPS) is 18.8. The van der Waals surface area contributed by atoms with Gasteiger partial charge in [0.05, 0.1) is 18.9 Å². The molecule has 1 aliphatic rings. The summed E-state index contributed by atoms with van der Waals surface area (Å²) in [6.07, 6.45) is -3.55. The first kappa shape index (κ1) is 15.8. The molecule has 21 heavy (non-hydrogen) atoms. The fourth-order valence-electron chi connectivity index (χ4n) is 1.97. The van der Waals surface area contributed by atoms with Crippen molar-refractivity contribution in [2.45, 2.75) is 18.5 Å². The van der Waals surface area contributed by atoms with E-state index in [2.05, 4.69) is 20.6 Å². The quantitative estimate of drug-likeness (QED) is 0.736. The van der Waals surface area contributed by atoms with Gasteiger partial charge in [0, 0.05) is 25.1 Å². The number of alkyl halides is 3. The van der Waals surface area contributed by atoms with Crippen molar-refractivity contribution in [3.05, 3.63) is 11.8 Å². The van der Waals surface area contributed by atoms with Gasteiger partial charge in [0.1, 0.15) is 12.4 Å². The number of nitrogens with one attached hydrogen (secondary N) is 2. The maximum absolute atomic E-state index is 12.3. The summed E-state index contributed by atoms with van der Waals surface area (Å²) in [4.78, 5) is 8.22. The summed E-state index contributed by atoms with van der Waals surface area (Å²) in [5.41, 5.74) is 0.632. The largest absolute Gasteiger partial charge is 0.405 e. The fraction of sp³-hybridized carbons (Fsp3) is 0.667. The number of hydrogen-bond acceptors (Lipinski definition) is 6. The minimum absolute atomic E-state index is 0.0501. The van der Waals surface area contributed by atoms with Crippen molar-refractivity contribution in [1.29, 1.82) is 0 Å². The average Bonchev–Trinajstić information content (AvgIpc) is 2.96. The molecule has 0 bridgehead atoms. The highest BCUT2D eigenvalue weighted by atomic mass is 19.4. The molecule has 0 spiro atoms. The second-order valence-electron chi connectivity index (χ2n) is 4.68. The third-order valence-electron chi connectivity index (χ3n) is 2.96. The Morgan fingerprint density at radius 2 is 2.14 bits per heavy atom. The van der Waals surface area contributed by atoms with E-state index >= 15 is 0 Å². The minimum atomic E-state index is -4.32. The van der Waals surface area contributed by atoms with Crippen LogP contribution in [0.3, 0.4) is 0 Å². The maximum atomic E-state index is 12.3. The van der Waals surface area contributed by atoms with Gasteiger partial charge in [0.2, 0.25) is 5.95 Å². The van der Waals surface area contributed by atoms with Crippen LogP contribution in [0.5, 0.6) is 0 Å². The van der Waals surface area contributed by atoms with E-state index in [4.69, 9.17) is 9.84 Å². The number of aliphatic hydroxyl groups excluding tert-OH is 1. The molecule has 1 saturated heterocycles. The summed E-state index contributed by atoms with van der Waals surface area (Å²) in [6, 6.07) is 1.51. The summed E-state index contributed by atoms with van der Waals surface area (Å²) in [6.45, 7) is 0.0490. The molecule has 1 atom stereocenters. The Morgan fingerprint density at radius 1 is 1.33 bits per heavy atom. The van der Waals surface area contributed by atoms with Crippen molar-refractivity contribution in [1.82, 2.24) is 9.97 Å². The van der Waals surface area contributed by atoms with E-state index in [-0.39, 0.29) is 30.8 Å². The predicted molar refractivity (Wildman–Crippen MR) is 70.3 cm³/mol. The lowest BCUT2D eigenvalue weighted by Gasteiger charge is -2.14. The zero-order valence-electron chi connectivity index (χ0n) is 11.3. The van der Waals surface area contributed by atoms with Gasteiger partial charge in [0.25, 0.3) is 0 Å². The summed E-state index contributed by atoms with van der Waals surface area (Å²) >= 11 is 0. The lowest BCUT2D eigenvalue weighted by Crippen LogP contribution is -2.22. The van der Waals surface area contributed by atoms with Crippen LogP contribution in [0.1, 0.15) is 18.0 Å². The lowest BCUT2D eigenvalue weighted by molar-refractivity contribution is -0.115. The van der Waals surface area contributed by atoms with Gasteiger partial charge < -0.3 is 20.5 Å². The Labute approximate surface area is 119 Å².